The minimum Gasteiger partial charge on any atom is -0.344 e. The zero-order valence-electron chi connectivity index (χ0n) is 17.2. The van der Waals surface area contributed by atoms with Gasteiger partial charge in [0, 0.05) is 23.9 Å². The Morgan fingerprint density at radius 1 is 1.42 bits per heavy atom. The first kappa shape index (κ1) is 22.7. The summed E-state index contributed by atoms with van der Waals surface area (Å²) in [4.78, 5) is 16.6. The van der Waals surface area contributed by atoms with Gasteiger partial charge in [-0.25, -0.2) is 18.2 Å². The third-order valence-corrected chi connectivity index (χ3v) is 5.05. The Morgan fingerprint density at radius 3 is 2.71 bits per heavy atom. The lowest BCUT2D eigenvalue weighted by Crippen LogP contribution is -2.65. The maximum atomic E-state index is 14.7. The Morgan fingerprint density at radius 2 is 2.13 bits per heavy atom. The van der Waals surface area contributed by atoms with Gasteiger partial charge >= 0.3 is 0 Å². The number of nitrogens with two attached hydrogens (primary N) is 1. The molecule has 0 aliphatic carbocycles. The highest BCUT2D eigenvalue weighted by molar-refractivity contribution is 6.03. The third-order valence-electron chi connectivity index (χ3n) is 5.05. The summed E-state index contributed by atoms with van der Waals surface area (Å²) in [5, 5.41) is 14.0. The number of hydrogen-bond donors (Lipinski definition) is 3. The van der Waals surface area contributed by atoms with Gasteiger partial charge in [0.1, 0.15) is 23.1 Å². The topological polar surface area (TPSA) is 113 Å². The van der Waals surface area contributed by atoms with E-state index in [4.69, 9.17) is 15.7 Å². The molecule has 1 saturated heterocycles. The van der Waals surface area contributed by atoms with Crippen molar-refractivity contribution >= 4 is 11.6 Å². The van der Waals surface area contributed by atoms with Gasteiger partial charge in [0.15, 0.2) is 6.35 Å². The summed E-state index contributed by atoms with van der Waals surface area (Å²) in [5.74, 6) is -1.49. The molecule has 1 unspecified atom stereocenters. The fourth-order valence-electron chi connectivity index (χ4n) is 3.83. The van der Waals surface area contributed by atoms with Gasteiger partial charge in [-0.1, -0.05) is 0 Å². The number of aromatic nitrogens is 1. The van der Waals surface area contributed by atoms with Crippen molar-refractivity contribution in [3.8, 4) is 6.07 Å². The van der Waals surface area contributed by atoms with E-state index in [1.54, 1.807) is 20.8 Å². The maximum absolute atomic E-state index is 14.7. The number of rotatable bonds is 4. The monoisotopic (exact) mass is 433 g/mol. The molecule has 2 atom stereocenters. The summed E-state index contributed by atoms with van der Waals surface area (Å²) in [6.07, 6.45) is -3.25. The van der Waals surface area contributed by atoms with Crippen molar-refractivity contribution in [2.45, 2.75) is 51.1 Å². The van der Waals surface area contributed by atoms with Crippen LogP contribution in [0.5, 0.6) is 0 Å². The Labute approximate surface area is 177 Å². The first-order valence-electron chi connectivity index (χ1n) is 9.45. The van der Waals surface area contributed by atoms with E-state index in [2.05, 4.69) is 15.6 Å². The molecule has 164 valence electrons. The van der Waals surface area contributed by atoms with Crippen LogP contribution in [0.25, 0.3) is 0 Å². The van der Waals surface area contributed by atoms with Crippen LogP contribution in [0.3, 0.4) is 0 Å². The lowest BCUT2D eigenvalue weighted by molar-refractivity contribution is -0.179. The van der Waals surface area contributed by atoms with Crippen molar-refractivity contribution in [2.75, 3.05) is 5.32 Å². The Hall–Kier alpha value is -3.00. The number of alkyl halides is 2. The second-order valence-corrected chi connectivity index (χ2v) is 8.04. The molecule has 1 aromatic carbocycles. The van der Waals surface area contributed by atoms with Crippen LogP contribution in [0.4, 0.5) is 18.9 Å². The molecular formula is C21H22F3N5O2. The molecule has 31 heavy (non-hydrogen) atoms. The smallest absolute Gasteiger partial charge is 0.274 e. The molecule has 1 aromatic heterocycles. The SMILES string of the molecule is Cc1cc(C#N)cnc1C(=O)Nc1ccc(F)c([C@]2(C(F)F)CC(C)(C)OC(N)N2)c1. The van der Waals surface area contributed by atoms with Gasteiger partial charge in [0.05, 0.1) is 11.2 Å². The van der Waals surface area contributed by atoms with Crippen molar-refractivity contribution in [3.63, 3.8) is 0 Å². The molecule has 1 aliphatic heterocycles. The number of ether oxygens (including phenoxy) is 1. The fraction of sp³-hybridized carbons (Fsp3) is 0.381. The molecular weight excluding hydrogens is 411 g/mol. The highest BCUT2D eigenvalue weighted by Crippen LogP contribution is 2.42. The second kappa shape index (κ2) is 8.26. The largest absolute Gasteiger partial charge is 0.344 e. The molecule has 0 bridgehead atoms. The number of nitrogens with zero attached hydrogens (tertiary/aromatic N) is 2. The van der Waals surface area contributed by atoms with Crippen molar-refractivity contribution in [1.82, 2.24) is 10.3 Å². The molecule has 0 radical (unpaired) electrons. The normalized spacial score (nSPS) is 22.7. The van der Waals surface area contributed by atoms with E-state index < -0.39 is 35.6 Å². The molecule has 7 nitrogen and oxygen atoms in total. The van der Waals surface area contributed by atoms with Crippen LogP contribution in [0.1, 0.15) is 47.4 Å². The number of nitrogens with one attached hydrogen (secondary N) is 2. The highest BCUT2D eigenvalue weighted by atomic mass is 19.3. The number of carbonyl (C=O) groups is 1. The summed E-state index contributed by atoms with van der Waals surface area (Å²) in [6, 6.07) is 6.84. The molecule has 0 spiro atoms. The lowest BCUT2D eigenvalue weighted by Gasteiger charge is -2.48. The van der Waals surface area contributed by atoms with Gasteiger partial charge in [-0.2, -0.15) is 5.26 Å². The van der Waals surface area contributed by atoms with Gasteiger partial charge in [-0.05, 0) is 50.6 Å². The second-order valence-electron chi connectivity index (χ2n) is 8.04. The van der Waals surface area contributed by atoms with Crippen molar-refractivity contribution in [2.24, 2.45) is 5.73 Å². The predicted molar refractivity (Wildman–Crippen MR) is 107 cm³/mol. The highest BCUT2D eigenvalue weighted by Gasteiger charge is 2.52. The van der Waals surface area contributed by atoms with E-state index in [1.807, 2.05) is 6.07 Å². The molecule has 2 aromatic rings. The number of halogens is 3. The Balaban J connectivity index is 1.98. The van der Waals surface area contributed by atoms with Crippen LogP contribution in [0.2, 0.25) is 0 Å². The fourth-order valence-corrected chi connectivity index (χ4v) is 3.83. The number of carbonyl (C=O) groups excluding carboxylic acids is 1. The molecule has 1 aliphatic rings. The summed E-state index contributed by atoms with van der Waals surface area (Å²) >= 11 is 0. The molecule has 1 amide bonds. The summed E-state index contributed by atoms with van der Waals surface area (Å²) in [5.41, 5.74) is 3.17. The first-order valence-corrected chi connectivity index (χ1v) is 9.45. The zero-order valence-corrected chi connectivity index (χ0v) is 17.2. The van der Waals surface area contributed by atoms with Gasteiger partial charge in [-0.15, -0.1) is 0 Å². The first-order chi connectivity index (χ1) is 14.5. The quantitative estimate of drug-likeness (QED) is 0.683. The predicted octanol–water partition coefficient (Wildman–Crippen LogP) is 3.14. The average molecular weight is 433 g/mol. The van der Waals surface area contributed by atoms with Crippen molar-refractivity contribution in [1.29, 1.82) is 5.26 Å². The number of hydrogen-bond acceptors (Lipinski definition) is 6. The van der Waals surface area contributed by atoms with E-state index in [0.29, 0.717) is 11.1 Å². The standard InChI is InChI=1S/C21H22F3N5O2/c1-11-6-12(8-25)9-27-16(11)17(30)28-13-4-5-15(22)14(7-13)21(18(23)24)10-20(2,3)31-19(26)29-21/h4-7,9,18-19,29H,10,26H2,1-3H3,(H,28,30)/t19?,21-/m0/s1. The van der Waals surface area contributed by atoms with E-state index in [1.165, 1.54) is 18.3 Å². The summed E-state index contributed by atoms with van der Waals surface area (Å²) < 4.78 is 48.7. The number of amides is 1. The van der Waals surface area contributed by atoms with Crippen LogP contribution < -0.4 is 16.4 Å². The van der Waals surface area contributed by atoms with E-state index in [-0.39, 0.29) is 23.4 Å². The van der Waals surface area contributed by atoms with Crippen LogP contribution in [-0.2, 0) is 10.3 Å². The maximum Gasteiger partial charge on any atom is 0.274 e. The van der Waals surface area contributed by atoms with Gasteiger partial charge < -0.3 is 10.1 Å². The van der Waals surface area contributed by atoms with Gasteiger partial charge in [0.25, 0.3) is 12.3 Å². The molecule has 1 fully saturated rings. The van der Waals surface area contributed by atoms with E-state index in [0.717, 1.165) is 12.1 Å². The van der Waals surface area contributed by atoms with Crippen LogP contribution in [-0.4, -0.2) is 29.3 Å². The zero-order chi connectivity index (χ0) is 23.0. The van der Waals surface area contributed by atoms with Crippen LogP contribution in [0, 0.1) is 24.1 Å². The van der Waals surface area contributed by atoms with Gasteiger partial charge in [-0.3, -0.25) is 15.8 Å². The van der Waals surface area contributed by atoms with Crippen molar-refractivity contribution in [3.05, 3.63) is 58.7 Å². The molecule has 0 saturated carbocycles. The minimum atomic E-state index is -3.01. The number of anilines is 1. The Bertz CT molecular complexity index is 1050. The number of nitriles is 1. The third kappa shape index (κ3) is 4.54. The van der Waals surface area contributed by atoms with Crippen LogP contribution >= 0.6 is 0 Å². The molecule has 10 heteroatoms. The summed E-state index contributed by atoms with van der Waals surface area (Å²) in [6.45, 7) is 4.79. The molecule has 3 rings (SSSR count). The number of aryl methyl sites for hydroxylation is 1. The number of pyridine rings is 1. The van der Waals surface area contributed by atoms with Gasteiger partial charge in [0.2, 0.25) is 0 Å². The number of benzene rings is 1. The van der Waals surface area contributed by atoms with Crippen LogP contribution in [0.15, 0.2) is 30.5 Å². The van der Waals surface area contributed by atoms with E-state index in [9.17, 15) is 18.0 Å². The molecule has 4 N–H and O–H groups in total. The average Bonchev–Trinajstić information content (AvgIpc) is 2.67. The minimum absolute atomic E-state index is 0.0563. The lowest BCUT2D eigenvalue weighted by atomic mass is 9.79. The van der Waals surface area contributed by atoms with E-state index >= 15 is 0 Å². The Kier molecular flexibility index (Phi) is 6.04. The molecule has 2 heterocycles. The summed E-state index contributed by atoms with van der Waals surface area (Å²) in [7, 11) is 0. The van der Waals surface area contributed by atoms with Crippen molar-refractivity contribution < 1.29 is 22.7 Å².